The summed E-state index contributed by atoms with van der Waals surface area (Å²) in [5.41, 5.74) is -7.88. The van der Waals surface area contributed by atoms with Gasteiger partial charge in [-0.25, -0.2) is 17.2 Å². The van der Waals surface area contributed by atoms with Crippen molar-refractivity contribution in [2.75, 3.05) is 6.54 Å². The number of rotatable bonds is 10. The van der Waals surface area contributed by atoms with E-state index >= 15 is 0 Å². The minimum atomic E-state index is -6.37. The van der Waals surface area contributed by atoms with Crippen molar-refractivity contribution >= 4 is 21.7 Å². The van der Waals surface area contributed by atoms with E-state index in [-0.39, 0.29) is 67.2 Å². The predicted molar refractivity (Wildman–Crippen MR) is 145 cm³/mol. The normalized spacial score (nSPS) is 21.3. The summed E-state index contributed by atoms with van der Waals surface area (Å²) < 4.78 is 137. The fourth-order valence-corrected chi connectivity index (χ4v) is 9.16. The molecule has 1 fully saturated rings. The lowest BCUT2D eigenvalue weighted by Gasteiger charge is -2.43. The zero-order valence-electron chi connectivity index (χ0n) is 24.0. The molecule has 0 saturated carbocycles. The molecule has 1 amide bonds. The number of alkyl halides is 7. The minimum Gasteiger partial charge on any atom is -0.481 e. The Labute approximate surface area is 254 Å². The molecule has 2 aliphatic rings. The standard InChI is InChI=1S/C30H31F8NO5S/c1-2-4-18(5-3-6-25(40)41)26(42)39-16-15-27(45(43,44)22-11-9-21(31)10-12-22)23-13-8-20(17-19(23)7-14-24(27)39)28(32,29(33,34)35)30(36,37)38/h8-13,17-18,24H,2-7,14-16H2,1H3,(H,40,41)/t18-,24-,27-/m1/s1. The molecule has 2 aromatic rings. The van der Waals surface area contributed by atoms with Crippen molar-refractivity contribution in [1.29, 1.82) is 0 Å². The van der Waals surface area contributed by atoms with Gasteiger partial charge in [0.2, 0.25) is 5.91 Å². The van der Waals surface area contributed by atoms with E-state index in [1.54, 1.807) is 0 Å². The molecule has 1 heterocycles. The molecule has 0 spiro atoms. The highest BCUT2D eigenvalue weighted by Crippen LogP contribution is 2.57. The average molecular weight is 670 g/mol. The Kier molecular flexibility index (Phi) is 9.37. The van der Waals surface area contributed by atoms with Gasteiger partial charge in [-0.2, -0.15) is 26.3 Å². The Bertz CT molecular complexity index is 1530. The second-order valence-electron chi connectivity index (χ2n) is 11.5. The van der Waals surface area contributed by atoms with Gasteiger partial charge in [0.25, 0.3) is 0 Å². The van der Waals surface area contributed by atoms with Crippen LogP contribution >= 0.6 is 0 Å². The second kappa shape index (κ2) is 12.2. The number of nitrogens with zero attached hydrogens (tertiary/aromatic N) is 1. The summed E-state index contributed by atoms with van der Waals surface area (Å²) in [7, 11) is -4.60. The zero-order valence-corrected chi connectivity index (χ0v) is 24.8. The highest BCUT2D eigenvalue weighted by Gasteiger charge is 2.74. The number of likely N-dealkylation sites (tertiary alicyclic amines) is 1. The van der Waals surface area contributed by atoms with E-state index < -0.39 is 67.8 Å². The molecule has 0 bridgehead atoms. The van der Waals surface area contributed by atoms with E-state index in [0.717, 1.165) is 30.3 Å². The lowest BCUT2D eigenvalue weighted by atomic mass is 9.76. The molecule has 1 aliphatic carbocycles. The van der Waals surface area contributed by atoms with Crippen molar-refractivity contribution in [3.63, 3.8) is 0 Å². The van der Waals surface area contributed by atoms with Gasteiger partial charge in [0.05, 0.1) is 10.9 Å². The monoisotopic (exact) mass is 669 g/mol. The van der Waals surface area contributed by atoms with Crippen molar-refractivity contribution in [3.05, 3.63) is 65.0 Å². The summed E-state index contributed by atoms with van der Waals surface area (Å²) in [6, 6.07) is 4.04. The van der Waals surface area contributed by atoms with Crippen LogP contribution < -0.4 is 0 Å². The Morgan fingerprint density at radius 1 is 1.00 bits per heavy atom. The predicted octanol–water partition coefficient (Wildman–Crippen LogP) is 7.00. The quantitative estimate of drug-likeness (QED) is 0.217. The molecule has 1 N–H and O–H groups in total. The molecule has 1 aliphatic heterocycles. The first kappa shape index (κ1) is 34.6. The number of hydrogen-bond acceptors (Lipinski definition) is 4. The first-order valence-electron chi connectivity index (χ1n) is 14.3. The number of sulfone groups is 1. The number of carboxylic acids is 1. The van der Waals surface area contributed by atoms with Crippen molar-refractivity contribution < 1.29 is 58.2 Å². The van der Waals surface area contributed by atoms with Gasteiger partial charge >= 0.3 is 24.0 Å². The molecule has 3 atom stereocenters. The van der Waals surface area contributed by atoms with Gasteiger partial charge in [-0.15, -0.1) is 0 Å². The highest BCUT2D eigenvalue weighted by atomic mass is 32.2. The maximum atomic E-state index is 15.0. The van der Waals surface area contributed by atoms with Crippen LogP contribution in [0.25, 0.3) is 0 Å². The van der Waals surface area contributed by atoms with Crippen LogP contribution in [0.3, 0.4) is 0 Å². The van der Waals surface area contributed by atoms with E-state index in [0.29, 0.717) is 18.9 Å². The zero-order chi connectivity index (χ0) is 33.6. The number of carbonyl (C=O) groups is 2. The molecule has 248 valence electrons. The molecule has 15 heteroatoms. The van der Waals surface area contributed by atoms with Crippen LogP contribution in [-0.4, -0.2) is 55.2 Å². The fraction of sp³-hybridized carbons (Fsp3) is 0.533. The number of aliphatic carboxylic acids is 1. The van der Waals surface area contributed by atoms with Crippen molar-refractivity contribution in [2.45, 2.75) is 92.0 Å². The average Bonchev–Trinajstić information content (AvgIpc) is 3.36. The Morgan fingerprint density at radius 3 is 2.18 bits per heavy atom. The number of carbonyl (C=O) groups excluding carboxylic acids is 1. The van der Waals surface area contributed by atoms with E-state index in [2.05, 4.69) is 0 Å². The Morgan fingerprint density at radius 2 is 1.62 bits per heavy atom. The topological polar surface area (TPSA) is 91.8 Å². The third kappa shape index (κ3) is 5.80. The van der Waals surface area contributed by atoms with Crippen molar-refractivity contribution in [3.8, 4) is 0 Å². The smallest absolute Gasteiger partial charge is 0.435 e. The van der Waals surface area contributed by atoms with Gasteiger partial charge in [0.1, 0.15) is 10.6 Å². The first-order chi connectivity index (χ1) is 20.8. The van der Waals surface area contributed by atoms with Gasteiger partial charge in [0, 0.05) is 24.4 Å². The molecule has 6 nitrogen and oxygen atoms in total. The Hall–Kier alpha value is -3.23. The number of hydrogen-bond donors (Lipinski definition) is 1. The molecule has 2 aromatic carbocycles. The van der Waals surface area contributed by atoms with Crippen LogP contribution in [0.5, 0.6) is 0 Å². The second-order valence-corrected chi connectivity index (χ2v) is 13.7. The van der Waals surface area contributed by atoms with Crippen LogP contribution in [0.1, 0.15) is 68.6 Å². The maximum absolute atomic E-state index is 15.0. The van der Waals surface area contributed by atoms with Gasteiger partial charge < -0.3 is 10.0 Å². The molecular weight excluding hydrogens is 638 g/mol. The number of aryl methyl sites for hydroxylation is 1. The molecule has 0 radical (unpaired) electrons. The van der Waals surface area contributed by atoms with Crippen LogP contribution in [0.4, 0.5) is 35.1 Å². The van der Waals surface area contributed by atoms with E-state index in [1.165, 1.54) is 4.90 Å². The molecule has 0 unspecified atom stereocenters. The number of carboxylic acid groups (broad SMARTS) is 1. The summed E-state index contributed by atoms with van der Waals surface area (Å²) in [5.74, 6) is -2.92. The van der Waals surface area contributed by atoms with E-state index in [4.69, 9.17) is 5.11 Å². The third-order valence-electron chi connectivity index (χ3n) is 8.88. The number of amides is 1. The van der Waals surface area contributed by atoms with Gasteiger partial charge in [-0.3, -0.25) is 9.59 Å². The summed E-state index contributed by atoms with van der Waals surface area (Å²) in [6.45, 7) is 1.67. The van der Waals surface area contributed by atoms with E-state index in [9.17, 15) is 53.1 Å². The van der Waals surface area contributed by atoms with Gasteiger partial charge in [-0.05, 0) is 73.9 Å². The largest absolute Gasteiger partial charge is 0.481 e. The molecular formula is C30H31F8NO5S. The summed E-state index contributed by atoms with van der Waals surface area (Å²) in [6.07, 6.45) is -12.4. The first-order valence-corrected chi connectivity index (χ1v) is 15.8. The molecule has 1 saturated heterocycles. The van der Waals surface area contributed by atoms with Crippen LogP contribution in [-0.2, 0) is 36.3 Å². The summed E-state index contributed by atoms with van der Waals surface area (Å²) in [4.78, 5) is 25.9. The van der Waals surface area contributed by atoms with Crippen LogP contribution in [0, 0.1) is 11.7 Å². The summed E-state index contributed by atoms with van der Waals surface area (Å²) >= 11 is 0. The van der Waals surface area contributed by atoms with E-state index in [1.807, 2.05) is 6.92 Å². The lowest BCUT2D eigenvalue weighted by Crippen LogP contribution is -2.53. The van der Waals surface area contributed by atoms with Crippen LogP contribution in [0.2, 0.25) is 0 Å². The van der Waals surface area contributed by atoms with Gasteiger partial charge in [-0.1, -0.05) is 31.5 Å². The fourth-order valence-electron chi connectivity index (χ4n) is 6.79. The Balaban J connectivity index is 1.87. The number of benzene rings is 2. The summed E-state index contributed by atoms with van der Waals surface area (Å²) in [5, 5.41) is 9.03. The maximum Gasteiger partial charge on any atom is 0.435 e. The van der Waals surface area contributed by atoms with Crippen molar-refractivity contribution in [1.82, 2.24) is 4.90 Å². The number of fused-ring (bicyclic) bond motifs is 3. The highest BCUT2D eigenvalue weighted by molar-refractivity contribution is 7.92. The SMILES string of the molecule is CCC[C@H](CCCC(=O)O)C(=O)N1CC[C@@]2(S(=O)(=O)c3ccc(F)cc3)c3ccc(C(F)(C(F)(F)F)C(F)(F)F)cc3CC[C@@H]12. The van der Waals surface area contributed by atoms with Crippen molar-refractivity contribution in [2.24, 2.45) is 5.92 Å². The third-order valence-corrected chi connectivity index (χ3v) is 11.4. The molecule has 0 aromatic heterocycles. The van der Waals surface area contributed by atoms with Gasteiger partial charge in [0.15, 0.2) is 9.84 Å². The number of halogens is 8. The van der Waals surface area contributed by atoms with Crippen LogP contribution in [0.15, 0.2) is 47.4 Å². The lowest BCUT2D eigenvalue weighted by molar-refractivity contribution is -0.348. The molecule has 45 heavy (non-hydrogen) atoms. The molecule has 4 rings (SSSR count). The minimum absolute atomic E-state index is 0.136.